The molecular formula is C13H16ClN3. The zero-order chi connectivity index (χ0) is 12.4. The van der Waals surface area contributed by atoms with E-state index in [1.54, 1.807) is 4.68 Å². The van der Waals surface area contributed by atoms with Gasteiger partial charge in [-0.2, -0.15) is 5.10 Å². The molecule has 0 bridgehead atoms. The number of hydrogen-bond acceptors (Lipinski definition) is 2. The first-order valence-corrected chi connectivity index (χ1v) is 6.08. The van der Waals surface area contributed by atoms with Crippen LogP contribution in [0.2, 0.25) is 5.02 Å². The molecule has 1 atom stereocenters. The SMILES string of the molecule is CC[C@@H](N)c1ccccc1-n1cc(Cl)c(C)n1. The Morgan fingerprint density at radius 1 is 1.41 bits per heavy atom. The molecule has 0 radical (unpaired) electrons. The molecule has 0 unspecified atom stereocenters. The second-order valence-electron chi connectivity index (χ2n) is 4.08. The Hall–Kier alpha value is -1.32. The van der Waals surface area contributed by atoms with Crippen molar-refractivity contribution in [2.24, 2.45) is 5.73 Å². The lowest BCUT2D eigenvalue weighted by Gasteiger charge is -2.14. The molecule has 1 aromatic carbocycles. The van der Waals surface area contributed by atoms with Gasteiger partial charge in [0.05, 0.1) is 16.4 Å². The van der Waals surface area contributed by atoms with Gasteiger partial charge in [0, 0.05) is 12.2 Å². The summed E-state index contributed by atoms with van der Waals surface area (Å²) in [5.74, 6) is 0. The molecule has 90 valence electrons. The van der Waals surface area contributed by atoms with Gasteiger partial charge in [0.15, 0.2) is 0 Å². The Labute approximate surface area is 106 Å². The Kier molecular flexibility index (Phi) is 3.50. The van der Waals surface area contributed by atoms with Crippen LogP contribution in [0.15, 0.2) is 30.5 Å². The number of nitrogens with two attached hydrogens (primary N) is 1. The van der Waals surface area contributed by atoms with Crippen molar-refractivity contribution >= 4 is 11.6 Å². The smallest absolute Gasteiger partial charge is 0.0819 e. The summed E-state index contributed by atoms with van der Waals surface area (Å²) in [7, 11) is 0. The van der Waals surface area contributed by atoms with Crippen molar-refractivity contribution in [3.05, 3.63) is 46.7 Å². The van der Waals surface area contributed by atoms with Crippen molar-refractivity contribution in [3.63, 3.8) is 0 Å². The Morgan fingerprint density at radius 3 is 2.71 bits per heavy atom. The van der Waals surface area contributed by atoms with Crippen LogP contribution in [-0.2, 0) is 0 Å². The highest BCUT2D eigenvalue weighted by Crippen LogP contribution is 2.23. The zero-order valence-corrected chi connectivity index (χ0v) is 10.8. The fourth-order valence-electron chi connectivity index (χ4n) is 1.79. The van der Waals surface area contributed by atoms with E-state index < -0.39 is 0 Å². The summed E-state index contributed by atoms with van der Waals surface area (Å²) < 4.78 is 1.79. The maximum atomic E-state index is 6.10. The minimum absolute atomic E-state index is 0.0227. The fraction of sp³-hybridized carbons (Fsp3) is 0.308. The molecule has 1 heterocycles. The molecule has 0 saturated heterocycles. The van der Waals surface area contributed by atoms with E-state index in [-0.39, 0.29) is 6.04 Å². The average Bonchev–Trinajstić information content (AvgIpc) is 2.68. The predicted octanol–water partition coefficient (Wildman–Crippen LogP) is 3.24. The Morgan fingerprint density at radius 2 is 2.12 bits per heavy atom. The molecule has 0 spiro atoms. The predicted molar refractivity (Wildman–Crippen MR) is 70.5 cm³/mol. The molecule has 17 heavy (non-hydrogen) atoms. The van der Waals surface area contributed by atoms with E-state index in [1.165, 1.54) is 0 Å². The molecule has 4 heteroatoms. The minimum Gasteiger partial charge on any atom is -0.324 e. The maximum absolute atomic E-state index is 6.10. The van der Waals surface area contributed by atoms with E-state index in [2.05, 4.69) is 12.0 Å². The largest absolute Gasteiger partial charge is 0.324 e. The van der Waals surface area contributed by atoms with Gasteiger partial charge in [-0.3, -0.25) is 0 Å². The number of aromatic nitrogens is 2. The topological polar surface area (TPSA) is 43.8 Å². The number of para-hydroxylation sites is 1. The first kappa shape index (κ1) is 12.1. The van der Waals surface area contributed by atoms with Crippen LogP contribution in [0.25, 0.3) is 5.69 Å². The third-order valence-corrected chi connectivity index (χ3v) is 3.23. The highest BCUT2D eigenvalue weighted by molar-refractivity contribution is 6.31. The van der Waals surface area contributed by atoms with Gasteiger partial charge in [-0.15, -0.1) is 0 Å². The second-order valence-corrected chi connectivity index (χ2v) is 4.49. The molecule has 2 rings (SSSR count). The summed E-state index contributed by atoms with van der Waals surface area (Å²) in [6.07, 6.45) is 2.71. The summed E-state index contributed by atoms with van der Waals surface area (Å²) in [5.41, 5.74) is 9.02. The lowest BCUT2D eigenvalue weighted by Crippen LogP contribution is -2.12. The average molecular weight is 250 g/mol. The van der Waals surface area contributed by atoms with E-state index in [9.17, 15) is 0 Å². The van der Waals surface area contributed by atoms with Crippen LogP contribution in [0.5, 0.6) is 0 Å². The van der Waals surface area contributed by atoms with Crippen LogP contribution in [0.4, 0.5) is 0 Å². The number of benzene rings is 1. The molecule has 1 aromatic heterocycles. The maximum Gasteiger partial charge on any atom is 0.0819 e. The van der Waals surface area contributed by atoms with Crippen LogP contribution in [-0.4, -0.2) is 9.78 Å². The lowest BCUT2D eigenvalue weighted by atomic mass is 10.0. The van der Waals surface area contributed by atoms with Gasteiger partial charge in [-0.25, -0.2) is 4.68 Å². The van der Waals surface area contributed by atoms with Gasteiger partial charge < -0.3 is 5.73 Å². The molecule has 0 saturated carbocycles. The third kappa shape index (κ3) is 2.35. The van der Waals surface area contributed by atoms with E-state index in [1.807, 2.05) is 37.4 Å². The molecule has 0 aliphatic heterocycles. The highest BCUT2D eigenvalue weighted by Gasteiger charge is 2.12. The van der Waals surface area contributed by atoms with Crippen LogP contribution in [0.1, 0.15) is 30.6 Å². The molecule has 0 aliphatic carbocycles. The van der Waals surface area contributed by atoms with Crippen molar-refractivity contribution in [1.82, 2.24) is 9.78 Å². The third-order valence-electron chi connectivity index (χ3n) is 2.86. The van der Waals surface area contributed by atoms with Gasteiger partial charge in [0.25, 0.3) is 0 Å². The molecule has 0 fully saturated rings. The number of rotatable bonds is 3. The molecule has 0 aliphatic rings. The quantitative estimate of drug-likeness (QED) is 0.908. The van der Waals surface area contributed by atoms with Gasteiger partial charge in [-0.05, 0) is 25.0 Å². The normalized spacial score (nSPS) is 12.7. The van der Waals surface area contributed by atoms with Gasteiger partial charge in [-0.1, -0.05) is 36.7 Å². The van der Waals surface area contributed by atoms with E-state index in [4.69, 9.17) is 17.3 Å². The number of nitrogens with zero attached hydrogens (tertiary/aromatic N) is 2. The summed E-state index contributed by atoms with van der Waals surface area (Å²) in [4.78, 5) is 0. The van der Waals surface area contributed by atoms with E-state index in [0.29, 0.717) is 5.02 Å². The van der Waals surface area contributed by atoms with Gasteiger partial charge in [0.2, 0.25) is 0 Å². The molecule has 2 aromatic rings. The van der Waals surface area contributed by atoms with Crippen LogP contribution in [0, 0.1) is 6.92 Å². The van der Waals surface area contributed by atoms with E-state index >= 15 is 0 Å². The van der Waals surface area contributed by atoms with Crippen LogP contribution in [0.3, 0.4) is 0 Å². The fourth-order valence-corrected chi connectivity index (χ4v) is 1.92. The van der Waals surface area contributed by atoms with Crippen molar-refractivity contribution in [2.45, 2.75) is 26.3 Å². The van der Waals surface area contributed by atoms with Crippen LogP contribution < -0.4 is 5.73 Å². The van der Waals surface area contributed by atoms with Crippen molar-refractivity contribution in [3.8, 4) is 5.69 Å². The Balaban J connectivity index is 2.51. The monoisotopic (exact) mass is 249 g/mol. The number of hydrogen-bond donors (Lipinski definition) is 1. The zero-order valence-electron chi connectivity index (χ0n) is 10.0. The van der Waals surface area contributed by atoms with Gasteiger partial charge >= 0.3 is 0 Å². The Bertz CT molecular complexity index is 500. The van der Waals surface area contributed by atoms with Crippen molar-refractivity contribution in [2.75, 3.05) is 0 Å². The van der Waals surface area contributed by atoms with Crippen molar-refractivity contribution in [1.29, 1.82) is 0 Å². The standard InChI is InChI=1S/C13H16ClN3/c1-3-12(15)10-6-4-5-7-13(10)17-8-11(14)9(2)16-17/h4-8,12H,3,15H2,1-2H3/t12-/m1/s1. The molecular weight excluding hydrogens is 234 g/mol. The summed E-state index contributed by atoms with van der Waals surface area (Å²) >= 11 is 6.03. The lowest BCUT2D eigenvalue weighted by molar-refractivity contribution is 0.686. The molecule has 2 N–H and O–H groups in total. The summed E-state index contributed by atoms with van der Waals surface area (Å²) in [6, 6.07) is 8.04. The first-order chi connectivity index (χ1) is 8.13. The van der Waals surface area contributed by atoms with Gasteiger partial charge in [0.1, 0.15) is 0 Å². The first-order valence-electron chi connectivity index (χ1n) is 5.70. The minimum atomic E-state index is 0.0227. The van der Waals surface area contributed by atoms with E-state index in [0.717, 1.165) is 23.4 Å². The number of halogens is 1. The highest BCUT2D eigenvalue weighted by atomic mass is 35.5. The number of aryl methyl sites for hydroxylation is 1. The summed E-state index contributed by atoms with van der Waals surface area (Å²) in [6.45, 7) is 3.96. The van der Waals surface area contributed by atoms with Crippen molar-refractivity contribution < 1.29 is 0 Å². The summed E-state index contributed by atoms with van der Waals surface area (Å²) in [5, 5.41) is 5.06. The molecule has 3 nitrogen and oxygen atoms in total. The molecule has 0 amide bonds. The van der Waals surface area contributed by atoms with Crippen LogP contribution >= 0.6 is 11.6 Å². The second kappa shape index (κ2) is 4.90.